The predicted octanol–water partition coefficient (Wildman–Crippen LogP) is 2.24. The van der Waals surface area contributed by atoms with Gasteiger partial charge in [0.1, 0.15) is 5.60 Å². The summed E-state index contributed by atoms with van der Waals surface area (Å²) in [6.07, 6.45) is 1.03. The van der Waals surface area contributed by atoms with Gasteiger partial charge in [0.05, 0.1) is 4.88 Å². The first kappa shape index (κ1) is 18.9. The van der Waals surface area contributed by atoms with Gasteiger partial charge in [-0.25, -0.2) is 8.42 Å². The lowest BCUT2D eigenvalue weighted by Crippen LogP contribution is -2.48. The van der Waals surface area contributed by atoms with E-state index in [1.807, 2.05) is 11.4 Å². The first-order valence-electron chi connectivity index (χ1n) is 7.64. The third-order valence-corrected chi connectivity index (χ3v) is 7.05. The second-order valence-corrected chi connectivity index (χ2v) is 10.6. The van der Waals surface area contributed by atoms with Gasteiger partial charge in [-0.05, 0) is 51.1 Å². The van der Waals surface area contributed by atoms with Crippen molar-refractivity contribution in [2.24, 2.45) is 0 Å². The van der Waals surface area contributed by atoms with Crippen LogP contribution in [0.2, 0.25) is 0 Å². The maximum atomic E-state index is 12.5. The average Bonchev–Trinajstić information content (AvgIpc) is 2.96. The standard InChI is InChI=1S/C16H23NO5S2/c1-15(2,3)22-14(19)16(4,24(5,20)21)7-8-17-10-11-6-9-23-12(11)13(17)18/h6,9H,7-8,10H2,1-5H3. The summed E-state index contributed by atoms with van der Waals surface area (Å²) in [5, 5.41) is 1.86. The molecular weight excluding hydrogens is 350 g/mol. The molecule has 0 spiro atoms. The van der Waals surface area contributed by atoms with Crippen LogP contribution in [-0.2, 0) is 25.9 Å². The van der Waals surface area contributed by atoms with Crippen LogP contribution in [0.4, 0.5) is 0 Å². The summed E-state index contributed by atoms with van der Waals surface area (Å²) in [5.74, 6) is -0.890. The molecule has 0 aliphatic carbocycles. The second kappa shape index (κ2) is 6.15. The topological polar surface area (TPSA) is 80.8 Å². The molecule has 1 aliphatic rings. The molecule has 1 aromatic heterocycles. The highest BCUT2D eigenvalue weighted by Crippen LogP contribution is 2.30. The van der Waals surface area contributed by atoms with E-state index >= 15 is 0 Å². The fourth-order valence-electron chi connectivity index (χ4n) is 2.42. The van der Waals surface area contributed by atoms with Gasteiger partial charge in [-0.2, -0.15) is 0 Å². The fourth-order valence-corrected chi connectivity index (χ4v) is 4.11. The van der Waals surface area contributed by atoms with Gasteiger partial charge in [-0.1, -0.05) is 0 Å². The third-order valence-electron chi connectivity index (χ3n) is 4.10. The number of sulfone groups is 1. The number of esters is 1. The molecule has 1 aliphatic heterocycles. The smallest absolute Gasteiger partial charge is 0.327 e. The van der Waals surface area contributed by atoms with Crippen LogP contribution in [0.25, 0.3) is 0 Å². The average molecular weight is 373 g/mol. The Balaban J connectivity index is 2.15. The Morgan fingerprint density at radius 3 is 2.46 bits per heavy atom. The molecule has 2 rings (SSSR count). The van der Waals surface area contributed by atoms with Gasteiger partial charge in [-0.15, -0.1) is 11.3 Å². The van der Waals surface area contributed by atoms with Crippen LogP contribution in [0.1, 0.15) is 49.4 Å². The lowest BCUT2D eigenvalue weighted by atomic mass is 10.1. The molecule has 134 valence electrons. The van der Waals surface area contributed by atoms with Gasteiger partial charge in [0.25, 0.3) is 5.91 Å². The Kier molecular flexibility index (Phi) is 4.85. The Hall–Kier alpha value is -1.41. The van der Waals surface area contributed by atoms with E-state index in [2.05, 4.69) is 0 Å². The molecule has 0 saturated carbocycles. The summed E-state index contributed by atoms with van der Waals surface area (Å²) in [6.45, 7) is 7.07. The van der Waals surface area contributed by atoms with Gasteiger partial charge < -0.3 is 9.64 Å². The van der Waals surface area contributed by atoms with Crippen molar-refractivity contribution in [1.29, 1.82) is 0 Å². The van der Waals surface area contributed by atoms with Crippen molar-refractivity contribution in [3.05, 3.63) is 21.9 Å². The highest BCUT2D eigenvalue weighted by Gasteiger charge is 2.47. The monoisotopic (exact) mass is 373 g/mol. The van der Waals surface area contributed by atoms with E-state index < -0.39 is 26.2 Å². The summed E-state index contributed by atoms with van der Waals surface area (Å²) >= 11 is 1.38. The quantitative estimate of drug-likeness (QED) is 0.740. The highest BCUT2D eigenvalue weighted by atomic mass is 32.2. The van der Waals surface area contributed by atoms with Crippen LogP contribution >= 0.6 is 11.3 Å². The zero-order chi connectivity index (χ0) is 18.3. The molecule has 0 saturated heterocycles. The molecule has 2 heterocycles. The molecule has 6 nitrogen and oxygen atoms in total. The van der Waals surface area contributed by atoms with Crippen LogP contribution in [0.5, 0.6) is 0 Å². The number of amides is 1. The summed E-state index contributed by atoms with van der Waals surface area (Å²) < 4.78 is 28.1. The molecule has 24 heavy (non-hydrogen) atoms. The van der Waals surface area contributed by atoms with Crippen LogP contribution in [0.15, 0.2) is 11.4 Å². The van der Waals surface area contributed by atoms with E-state index in [1.54, 1.807) is 25.7 Å². The van der Waals surface area contributed by atoms with Gasteiger partial charge in [-0.3, -0.25) is 9.59 Å². The van der Waals surface area contributed by atoms with Crippen LogP contribution < -0.4 is 0 Å². The molecule has 1 unspecified atom stereocenters. The van der Waals surface area contributed by atoms with E-state index in [4.69, 9.17) is 4.74 Å². The molecular formula is C16H23NO5S2. The molecule has 1 aromatic rings. The maximum Gasteiger partial charge on any atom is 0.327 e. The SMILES string of the molecule is CC(C)(C)OC(=O)C(C)(CCN1Cc2ccsc2C1=O)S(C)(=O)=O. The number of ether oxygens (including phenoxy) is 1. The van der Waals surface area contributed by atoms with Crippen LogP contribution in [0, 0.1) is 0 Å². The number of hydrogen-bond donors (Lipinski definition) is 0. The van der Waals surface area contributed by atoms with Crippen molar-refractivity contribution in [1.82, 2.24) is 4.90 Å². The molecule has 0 radical (unpaired) electrons. The number of nitrogens with zero attached hydrogens (tertiary/aromatic N) is 1. The predicted molar refractivity (Wildman–Crippen MR) is 92.8 cm³/mol. The van der Waals surface area contributed by atoms with Gasteiger partial charge >= 0.3 is 5.97 Å². The Morgan fingerprint density at radius 1 is 1.33 bits per heavy atom. The fraction of sp³-hybridized carbons (Fsp3) is 0.625. The van der Waals surface area contributed by atoms with E-state index in [-0.39, 0.29) is 18.9 Å². The minimum absolute atomic E-state index is 0.00142. The first-order valence-corrected chi connectivity index (χ1v) is 10.4. The van der Waals surface area contributed by atoms with E-state index in [0.717, 1.165) is 11.8 Å². The lowest BCUT2D eigenvalue weighted by Gasteiger charge is -2.31. The zero-order valence-electron chi connectivity index (χ0n) is 14.6. The van der Waals surface area contributed by atoms with Gasteiger partial charge in [0, 0.05) is 19.3 Å². The van der Waals surface area contributed by atoms with Gasteiger partial charge in [0.15, 0.2) is 14.6 Å². The van der Waals surface area contributed by atoms with E-state index in [1.165, 1.54) is 18.3 Å². The summed E-state index contributed by atoms with van der Waals surface area (Å²) in [5.41, 5.74) is 0.166. The third kappa shape index (κ3) is 3.64. The Labute approximate surface area is 146 Å². The van der Waals surface area contributed by atoms with Crippen LogP contribution in [0.3, 0.4) is 0 Å². The van der Waals surface area contributed by atoms with E-state index in [9.17, 15) is 18.0 Å². The molecule has 0 aromatic carbocycles. The molecule has 1 amide bonds. The summed E-state index contributed by atoms with van der Waals surface area (Å²) in [6, 6.07) is 1.89. The van der Waals surface area contributed by atoms with Crippen molar-refractivity contribution in [3.8, 4) is 0 Å². The van der Waals surface area contributed by atoms with Crippen molar-refractivity contribution in [2.75, 3.05) is 12.8 Å². The largest absolute Gasteiger partial charge is 0.459 e. The number of thiophene rings is 1. The number of hydrogen-bond acceptors (Lipinski definition) is 6. The van der Waals surface area contributed by atoms with Gasteiger partial charge in [0.2, 0.25) is 0 Å². The van der Waals surface area contributed by atoms with Crippen molar-refractivity contribution in [2.45, 2.75) is 51.0 Å². The highest BCUT2D eigenvalue weighted by molar-refractivity contribution is 7.92. The first-order chi connectivity index (χ1) is 10.8. The lowest BCUT2D eigenvalue weighted by molar-refractivity contribution is -0.158. The number of carbonyl (C=O) groups is 2. The summed E-state index contributed by atoms with van der Waals surface area (Å²) in [4.78, 5) is 27.0. The second-order valence-electron chi connectivity index (χ2n) is 7.26. The Morgan fingerprint density at radius 2 is 1.96 bits per heavy atom. The number of rotatable bonds is 5. The van der Waals surface area contributed by atoms with Crippen LogP contribution in [-0.4, -0.2) is 48.3 Å². The van der Waals surface area contributed by atoms with E-state index in [0.29, 0.717) is 11.4 Å². The molecule has 1 atom stereocenters. The molecule has 0 fully saturated rings. The normalized spacial score (nSPS) is 17.5. The zero-order valence-corrected chi connectivity index (χ0v) is 16.2. The minimum atomic E-state index is -3.71. The molecule has 8 heteroatoms. The van der Waals surface area contributed by atoms with Crippen molar-refractivity contribution in [3.63, 3.8) is 0 Å². The molecule has 0 bridgehead atoms. The molecule has 0 N–H and O–H groups in total. The van der Waals surface area contributed by atoms with Crippen molar-refractivity contribution < 1.29 is 22.7 Å². The maximum absolute atomic E-state index is 12.5. The minimum Gasteiger partial charge on any atom is -0.459 e. The number of carbonyl (C=O) groups excluding carboxylic acids is 2. The van der Waals surface area contributed by atoms with Crippen molar-refractivity contribution >= 4 is 33.1 Å². The Bertz CT molecular complexity index is 760. The number of fused-ring (bicyclic) bond motifs is 1. The summed E-state index contributed by atoms with van der Waals surface area (Å²) in [7, 11) is -3.71.